The highest BCUT2D eigenvalue weighted by Crippen LogP contribution is 2.42. The van der Waals surface area contributed by atoms with E-state index in [9.17, 15) is 4.79 Å². The number of hydrogen-bond acceptors (Lipinski definition) is 8. The molecule has 2 aliphatic heterocycles. The Morgan fingerprint density at radius 3 is 2.61 bits per heavy atom. The van der Waals surface area contributed by atoms with E-state index in [0.717, 1.165) is 45.3 Å². The van der Waals surface area contributed by atoms with Gasteiger partial charge in [-0.25, -0.2) is 4.79 Å². The summed E-state index contributed by atoms with van der Waals surface area (Å²) in [5, 5.41) is 6.92. The highest BCUT2D eigenvalue weighted by Gasteiger charge is 2.30. The molecule has 0 aromatic heterocycles. The van der Waals surface area contributed by atoms with Crippen molar-refractivity contribution in [2.45, 2.75) is 39.0 Å². The van der Waals surface area contributed by atoms with E-state index in [2.05, 4.69) is 22.8 Å². The highest BCUT2D eigenvalue weighted by atomic mass is 16.6. The maximum Gasteiger partial charge on any atom is 0.410 e. The summed E-state index contributed by atoms with van der Waals surface area (Å²) >= 11 is 0. The van der Waals surface area contributed by atoms with Crippen molar-refractivity contribution >= 4 is 17.5 Å². The lowest BCUT2D eigenvalue weighted by Gasteiger charge is -2.36. The molecule has 1 unspecified atom stereocenters. The second-order valence-electron chi connectivity index (χ2n) is 11.1. The van der Waals surface area contributed by atoms with Gasteiger partial charge in [-0.2, -0.15) is 0 Å². The minimum Gasteiger partial charge on any atom is -0.495 e. The molecule has 1 saturated heterocycles. The molecule has 0 spiro atoms. The smallest absolute Gasteiger partial charge is 0.410 e. The fraction of sp³-hybridized carbons (Fsp3) is 0.406. The van der Waals surface area contributed by atoms with Gasteiger partial charge in [-0.1, -0.05) is 30.3 Å². The molecule has 2 aliphatic rings. The van der Waals surface area contributed by atoms with Crippen LogP contribution in [0.4, 0.5) is 16.2 Å². The van der Waals surface area contributed by atoms with Crippen LogP contribution in [-0.4, -0.2) is 69.3 Å². The summed E-state index contributed by atoms with van der Waals surface area (Å²) in [7, 11) is 1.67. The number of methoxy groups -OCH3 is 1. The predicted molar refractivity (Wildman–Crippen MR) is 158 cm³/mol. The van der Waals surface area contributed by atoms with Crippen molar-refractivity contribution in [1.82, 2.24) is 10.2 Å². The van der Waals surface area contributed by atoms with Gasteiger partial charge in [0.25, 0.3) is 0 Å². The molecule has 2 N–H and O–H groups in total. The van der Waals surface area contributed by atoms with Gasteiger partial charge in [-0.15, -0.1) is 0 Å². The number of nitrogens with zero attached hydrogens (tertiary/aromatic N) is 1. The van der Waals surface area contributed by atoms with Crippen molar-refractivity contribution in [3.63, 3.8) is 0 Å². The van der Waals surface area contributed by atoms with Crippen LogP contribution in [0.15, 0.2) is 60.7 Å². The molecule has 9 nitrogen and oxygen atoms in total. The average molecular weight is 562 g/mol. The van der Waals surface area contributed by atoms with Gasteiger partial charge in [0.15, 0.2) is 11.5 Å². The molecule has 1 atom stereocenters. The summed E-state index contributed by atoms with van der Waals surface area (Å²) < 4.78 is 28.6. The maximum atomic E-state index is 12.6. The van der Waals surface area contributed by atoms with Gasteiger partial charge in [0, 0.05) is 30.9 Å². The molecule has 0 saturated carbocycles. The van der Waals surface area contributed by atoms with Gasteiger partial charge in [0.2, 0.25) is 0 Å². The van der Waals surface area contributed by atoms with E-state index >= 15 is 0 Å². The van der Waals surface area contributed by atoms with Crippen LogP contribution in [0.1, 0.15) is 26.3 Å². The van der Waals surface area contributed by atoms with E-state index in [1.165, 1.54) is 0 Å². The van der Waals surface area contributed by atoms with Crippen LogP contribution >= 0.6 is 0 Å². The minimum atomic E-state index is -0.527. The summed E-state index contributed by atoms with van der Waals surface area (Å²) in [6, 6.07) is 20.1. The third-order valence-electron chi connectivity index (χ3n) is 6.88. The van der Waals surface area contributed by atoms with Crippen molar-refractivity contribution in [3.8, 4) is 28.4 Å². The van der Waals surface area contributed by atoms with E-state index in [1.807, 2.05) is 69.3 Å². The van der Waals surface area contributed by atoms with Gasteiger partial charge in [0.1, 0.15) is 24.6 Å². The second kappa shape index (κ2) is 12.7. The van der Waals surface area contributed by atoms with Crippen LogP contribution in [0, 0.1) is 0 Å². The number of benzene rings is 3. The number of carbonyl (C=O) groups excluding carboxylic acids is 1. The maximum absolute atomic E-state index is 12.6. The summed E-state index contributed by atoms with van der Waals surface area (Å²) in [5.41, 5.74) is 4.38. The van der Waals surface area contributed by atoms with Crippen molar-refractivity contribution in [2.24, 2.45) is 0 Å². The van der Waals surface area contributed by atoms with E-state index in [-0.39, 0.29) is 12.1 Å². The molecule has 0 radical (unpaired) electrons. The Hall–Kier alpha value is -3.95. The number of rotatable bonds is 8. The molecular formula is C32H39N3O6. The number of nitrogens with one attached hydrogen (secondary N) is 2. The molecule has 1 amide bonds. The van der Waals surface area contributed by atoms with Gasteiger partial charge in [-0.05, 0) is 62.2 Å². The first-order chi connectivity index (χ1) is 19.8. The molecule has 9 heteroatoms. The van der Waals surface area contributed by atoms with E-state index in [1.54, 1.807) is 12.0 Å². The number of ether oxygens (including phenoxy) is 5. The number of amides is 1. The Labute approximate surface area is 241 Å². The van der Waals surface area contributed by atoms with E-state index in [4.69, 9.17) is 23.7 Å². The third kappa shape index (κ3) is 7.23. The molecule has 0 bridgehead atoms. The average Bonchev–Trinajstić information content (AvgIpc) is 2.97. The van der Waals surface area contributed by atoms with Crippen LogP contribution in [0.5, 0.6) is 17.2 Å². The van der Waals surface area contributed by atoms with Gasteiger partial charge >= 0.3 is 6.09 Å². The lowest BCUT2D eigenvalue weighted by atomic mass is 10.0. The molecule has 2 heterocycles. The second-order valence-corrected chi connectivity index (χ2v) is 11.1. The number of fused-ring (bicyclic) bond motifs is 1. The Morgan fingerprint density at radius 2 is 1.83 bits per heavy atom. The lowest BCUT2D eigenvalue weighted by molar-refractivity contribution is -0.0317. The van der Waals surface area contributed by atoms with Crippen LogP contribution in [0.2, 0.25) is 0 Å². The first kappa shape index (κ1) is 28.6. The van der Waals surface area contributed by atoms with E-state index < -0.39 is 5.60 Å². The first-order valence-electron chi connectivity index (χ1n) is 14.0. The standard InChI is InChI=1S/C32H39N3O6/c1-32(2,3)41-31(36)35-14-15-38-21-25(35)20-33-19-22-8-11-24(12-9-22)34-27-13-10-23(18-29(27)37-4)26-6-5-7-28-30(26)40-17-16-39-28/h5-13,18,25,33-34H,14-17,19-21H2,1-4H3. The molecule has 218 valence electrons. The zero-order chi connectivity index (χ0) is 28.8. The van der Waals surface area contributed by atoms with Gasteiger partial charge in [-0.3, -0.25) is 4.90 Å². The number of anilines is 2. The fourth-order valence-corrected chi connectivity index (χ4v) is 4.89. The topological polar surface area (TPSA) is 90.5 Å². The first-order valence-corrected chi connectivity index (χ1v) is 14.0. The Bertz CT molecular complexity index is 1340. The zero-order valence-corrected chi connectivity index (χ0v) is 24.2. The van der Waals surface area contributed by atoms with Crippen molar-refractivity contribution in [2.75, 3.05) is 51.9 Å². The zero-order valence-electron chi connectivity index (χ0n) is 24.2. The Morgan fingerprint density at radius 1 is 1.02 bits per heavy atom. The number of carbonyl (C=O) groups is 1. The molecule has 0 aliphatic carbocycles. The normalized spacial score (nSPS) is 16.7. The fourth-order valence-electron chi connectivity index (χ4n) is 4.89. The van der Waals surface area contributed by atoms with Gasteiger partial charge in [0.05, 0.1) is 32.1 Å². The molecule has 1 fully saturated rings. The predicted octanol–water partition coefficient (Wildman–Crippen LogP) is 5.60. The van der Waals surface area contributed by atoms with Crippen molar-refractivity contribution in [3.05, 3.63) is 66.2 Å². The largest absolute Gasteiger partial charge is 0.495 e. The third-order valence-corrected chi connectivity index (χ3v) is 6.88. The number of para-hydroxylation sites is 1. The monoisotopic (exact) mass is 561 g/mol. The molecule has 41 heavy (non-hydrogen) atoms. The van der Waals surface area contributed by atoms with Crippen LogP contribution < -0.4 is 24.8 Å². The summed E-state index contributed by atoms with van der Waals surface area (Å²) in [5.74, 6) is 2.25. The van der Waals surface area contributed by atoms with Crippen LogP contribution in [0.3, 0.4) is 0 Å². The molecule has 3 aromatic rings. The SMILES string of the molecule is COc1cc(-c2cccc3c2OCCO3)ccc1Nc1ccc(CNCC2COCCN2C(=O)OC(C)(C)C)cc1. The van der Waals surface area contributed by atoms with Crippen molar-refractivity contribution < 1.29 is 28.5 Å². The summed E-state index contributed by atoms with van der Waals surface area (Å²) in [6.07, 6.45) is -0.294. The van der Waals surface area contributed by atoms with E-state index in [0.29, 0.717) is 46.1 Å². The quantitative estimate of drug-likeness (QED) is 0.367. The van der Waals surface area contributed by atoms with Gasteiger partial charge < -0.3 is 34.3 Å². The molecular weight excluding hydrogens is 522 g/mol. The number of hydrogen-bond donors (Lipinski definition) is 2. The number of morpholine rings is 1. The summed E-state index contributed by atoms with van der Waals surface area (Å²) in [4.78, 5) is 14.4. The lowest BCUT2D eigenvalue weighted by Crippen LogP contribution is -2.54. The van der Waals surface area contributed by atoms with Crippen LogP contribution in [-0.2, 0) is 16.0 Å². The Kier molecular flexibility index (Phi) is 8.85. The highest BCUT2D eigenvalue weighted by molar-refractivity contribution is 5.79. The summed E-state index contributed by atoms with van der Waals surface area (Å²) in [6.45, 7) is 9.55. The van der Waals surface area contributed by atoms with Crippen molar-refractivity contribution in [1.29, 1.82) is 0 Å². The molecule has 5 rings (SSSR count). The Balaban J connectivity index is 1.18. The molecule has 3 aromatic carbocycles. The van der Waals surface area contributed by atoms with Crippen LogP contribution in [0.25, 0.3) is 11.1 Å². The minimum absolute atomic E-state index is 0.0737.